The minimum Gasteiger partial charge on any atom is -0.395 e. The zero-order valence-corrected chi connectivity index (χ0v) is 13.5. The largest absolute Gasteiger partial charge is 0.395 e. The fourth-order valence-electron chi connectivity index (χ4n) is 2.61. The topological polar surface area (TPSA) is 59.9 Å². The summed E-state index contributed by atoms with van der Waals surface area (Å²) in [6.07, 6.45) is 2.57. The molecule has 0 aliphatic carbocycles. The smallest absolute Gasteiger partial charge is 0.191 e. The van der Waals surface area contributed by atoms with Gasteiger partial charge in [-0.3, -0.25) is 9.89 Å². The van der Waals surface area contributed by atoms with E-state index in [-0.39, 0.29) is 6.61 Å². The Morgan fingerprint density at radius 1 is 1.43 bits per heavy atom. The van der Waals surface area contributed by atoms with Crippen molar-refractivity contribution < 1.29 is 5.11 Å². The van der Waals surface area contributed by atoms with Crippen molar-refractivity contribution in [3.8, 4) is 0 Å². The van der Waals surface area contributed by atoms with E-state index in [2.05, 4.69) is 33.0 Å². The summed E-state index contributed by atoms with van der Waals surface area (Å²) in [6, 6.07) is 4.69. The molecule has 0 spiro atoms. The molecule has 5 nitrogen and oxygen atoms in total. The third-order valence-corrected chi connectivity index (χ3v) is 4.60. The maximum absolute atomic E-state index is 8.93. The van der Waals surface area contributed by atoms with Gasteiger partial charge in [0.05, 0.1) is 19.2 Å². The van der Waals surface area contributed by atoms with Gasteiger partial charge in [0.25, 0.3) is 0 Å². The van der Waals surface area contributed by atoms with Gasteiger partial charge in [0.2, 0.25) is 0 Å². The first-order valence-electron chi connectivity index (χ1n) is 7.75. The van der Waals surface area contributed by atoms with E-state index in [1.165, 1.54) is 30.8 Å². The summed E-state index contributed by atoms with van der Waals surface area (Å²) in [5, 5.41) is 17.4. The highest BCUT2D eigenvalue weighted by Gasteiger charge is 2.24. The van der Waals surface area contributed by atoms with E-state index in [1.807, 2.05) is 18.3 Å². The molecule has 2 heterocycles. The monoisotopic (exact) mass is 310 g/mol. The van der Waals surface area contributed by atoms with Crippen LogP contribution in [-0.2, 0) is 0 Å². The summed E-state index contributed by atoms with van der Waals surface area (Å²) in [5.74, 6) is 0.785. The number of hydrogen-bond donors (Lipinski definition) is 3. The molecular formula is C15H26N4OS. The Labute approximate surface area is 131 Å². The molecule has 21 heavy (non-hydrogen) atoms. The number of aliphatic imine (C=N–C) groups is 1. The second-order valence-corrected chi connectivity index (χ2v) is 6.12. The molecule has 0 saturated carbocycles. The number of rotatable bonds is 7. The fraction of sp³-hybridized carbons (Fsp3) is 0.667. The van der Waals surface area contributed by atoms with E-state index in [1.54, 1.807) is 0 Å². The van der Waals surface area contributed by atoms with E-state index in [4.69, 9.17) is 10.1 Å². The van der Waals surface area contributed by atoms with Gasteiger partial charge in [0.15, 0.2) is 5.96 Å². The lowest BCUT2D eigenvalue weighted by Gasteiger charge is -2.25. The van der Waals surface area contributed by atoms with Gasteiger partial charge in [0.1, 0.15) is 0 Å². The van der Waals surface area contributed by atoms with Crippen molar-refractivity contribution in [2.75, 3.05) is 39.3 Å². The average Bonchev–Trinajstić information content (AvgIpc) is 3.18. The van der Waals surface area contributed by atoms with Crippen molar-refractivity contribution in [2.45, 2.75) is 25.8 Å². The minimum atomic E-state index is 0.116. The van der Waals surface area contributed by atoms with Crippen LogP contribution in [0.25, 0.3) is 0 Å². The molecule has 1 fully saturated rings. The minimum absolute atomic E-state index is 0.116. The molecule has 0 bridgehead atoms. The third kappa shape index (κ3) is 4.98. The van der Waals surface area contributed by atoms with Crippen molar-refractivity contribution in [1.29, 1.82) is 0 Å². The Kier molecular flexibility index (Phi) is 6.99. The number of aliphatic hydroxyl groups excluding tert-OH is 1. The lowest BCUT2D eigenvalue weighted by molar-refractivity contribution is 0.255. The normalized spacial score (nSPS) is 17.9. The molecule has 1 aromatic rings. The molecule has 0 amide bonds. The van der Waals surface area contributed by atoms with Crippen LogP contribution in [0.1, 0.15) is 30.7 Å². The first-order valence-corrected chi connectivity index (χ1v) is 8.63. The highest BCUT2D eigenvalue weighted by atomic mass is 32.1. The molecular weight excluding hydrogens is 284 g/mol. The third-order valence-electron chi connectivity index (χ3n) is 3.62. The van der Waals surface area contributed by atoms with Crippen LogP contribution in [0.15, 0.2) is 22.5 Å². The van der Waals surface area contributed by atoms with Crippen LogP contribution in [-0.4, -0.2) is 55.3 Å². The molecule has 2 rings (SSSR count). The summed E-state index contributed by atoms with van der Waals surface area (Å²) < 4.78 is 0. The second kappa shape index (κ2) is 9.02. The predicted molar refractivity (Wildman–Crippen MR) is 88.9 cm³/mol. The maximum Gasteiger partial charge on any atom is 0.191 e. The van der Waals surface area contributed by atoms with Gasteiger partial charge >= 0.3 is 0 Å². The Morgan fingerprint density at radius 2 is 2.24 bits per heavy atom. The maximum atomic E-state index is 8.93. The van der Waals surface area contributed by atoms with Gasteiger partial charge in [-0.25, -0.2) is 0 Å². The van der Waals surface area contributed by atoms with Crippen molar-refractivity contribution in [3.63, 3.8) is 0 Å². The number of aliphatic hydroxyl groups is 1. The first kappa shape index (κ1) is 16.3. The first-order chi connectivity index (χ1) is 10.3. The fourth-order valence-corrected chi connectivity index (χ4v) is 3.47. The van der Waals surface area contributed by atoms with Gasteiger partial charge in [-0.05, 0) is 44.3 Å². The molecule has 0 aromatic carbocycles. The van der Waals surface area contributed by atoms with Crippen LogP contribution in [0.5, 0.6) is 0 Å². The molecule has 6 heteroatoms. The molecule has 1 atom stereocenters. The highest BCUT2D eigenvalue weighted by Crippen LogP contribution is 2.28. The van der Waals surface area contributed by atoms with E-state index in [0.29, 0.717) is 12.6 Å². The average molecular weight is 310 g/mol. The summed E-state index contributed by atoms with van der Waals surface area (Å²) in [7, 11) is 0. The Hall–Kier alpha value is -1.11. The van der Waals surface area contributed by atoms with E-state index in [0.717, 1.165) is 19.0 Å². The summed E-state index contributed by atoms with van der Waals surface area (Å²) in [6.45, 7) is 6.60. The Morgan fingerprint density at radius 3 is 2.86 bits per heavy atom. The standard InChI is InChI=1S/C15H26N4OS/c1-2-16-15(17-7-10-20)18-12-13(14-6-5-11-21-14)19-8-3-4-9-19/h5-6,11,13,20H,2-4,7-10,12H2,1H3,(H2,16,17,18). The molecule has 1 aliphatic heterocycles. The quantitative estimate of drug-likeness (QED) is 0.527. The number of thiophene rings is 1. The molecule has 1 aromatic heterocycles. The van der Waals surface area contributed by atoms with Crippen LogP contribution >= 0.6 is 11.3 Å². The SMILES string of the molecule is CCNC(=NCC(c1cccs1)N1CCCC1)NCCO. The van der Waals surface area contributed by atoms with Crippen molar-refractivity contribution in [1.82, 2.24) is 15.5 Å². The van der Waals surface area contributed by atoms with Crippen molar-refractivity contribution in [2.24, 2.45) is 4.99 Å². The zero-order chi connectivity index (χ0) is 14.9. The number of likely N-dealkylation sites (tertiary alicyclic amines) is 1. The molecule has 1 saturated heterocycles. The number of nitrogens with zero attached hydrogens (tertiary/aromatic N) is 2. The number of nitrogens with one attached hydrogen (secondary N) is 2. The van der Waals surface area contributed by atoms with E-state index in [9.17, 15) is 0 Å². The Bertz CT molecular complexity index is 415. The highest BCUT2D eigenvalue weighted by molar-refractivity contribution is 7.10. The van der Waals surface area contributed by atoms with Crippen LogP contribution in [0, 0.1) is 0 Å². The van der Waals surface area contributed by atoms with Gasteiger partial charge in [-0.15, -0.1) is 11.3 Å². The molecule has 1 aliphatic rings. The van der Waals surface area contributed by atoms with E-state index < -0.39 is 0 Å². The van der Waals surface area contributed by atoms with E-state index >= 15 is 0 Å². The lowest BCUT2D eigenvalue weighted by atomic mass is 10.2. The predicted octanol–water partition coefficient (Wildman–Crippen LogP) is 1.43. The summed E-state index contributed by atoms with van der Waals surface area (Å²) in [5.41, 5.74) is 0. The van der Waals surface area contributed by atoms with Crippen LogP contribution < -0.4 is 10.6 Å². The molecule has 3 N–H and O–H groups in total. The van der Waals surface area contributed by atoms with Gasteiger partial charge in [-0.2, -0.15) is 0 Å². The number of guanidine groups is 1. The van der Waals surface area contributed by atoms with Crippen LogP contribution in [0.3, 0.4) is 0 Å². The summed E-state index contributed by atoms with van der Waals surface area (Å²) >= 11 is 1.81. The molecule has 118 valence electrons. The summed E-state index contributed by atoms with van der Waals surface area (Å²) in [4.78, 5) is 8.62. The second-order valence-electron chi connectivity index (χ2n) is 5.14. The van der Waals surface area contributed by atoms with Crippen molar-refractivity contribution in [3.05, 3.63) is 22.4 Å². The Balaban J connectivity index is 2.02. The van der Waals surface area contributed by atoms with Gasteiger partial charge in [-0.1, -0.05) is 6.07 Å². The van der Waals surface area contributed by atoms with Crippen molar-refractivity contribution >= 4 is 17.3 Å². The van der Waals surface area contributed by atoms with Gasteiger partial charge < -0.3 is 15.7 Å². The lowest BCUT2D eigenvalue weighted by Crippen LogP contribution is -2.39. The zero-order valence-electron chi connectivity index (χ0n) is 12.7. The van der Waals surface area contributed by atoms with Crippen LogP contribution in [0.2, 0.25) is 0 Å². The van der Waals surface area contributed by atoms with Crippen LogP contribution in [0.4, 0.5) is 0 Å². The molecule has 1 unspecified atom stereocenters. The molecule has 0 radical (unpaired) electrons. The van der Waals surface area contributed by atoms with Gasteiger partial charge in [0, 0.05) is 18.0 Å². The number of hydrogen-bond acceptors (Lipinski definition) is 4.